The van der Waals surface area contributed by atoms with E-state index in [1.165, 1.54) is 77.2 Å². The van der Waals surface area contributed by atoms with Gasteiger partial charge in [0.15, 0.2) is 0 Å². The highest BCUT2D eigenvalue weighted by atomic mass is 15.1. The number of likely N-dealkylation sites (N-methyl/N-ethyl adjacent to an activating group) is 1. The summed E-state index contributed by atoms with van der Waals surface area (Å²) >= 11 is 0. The van der Waals surface area contributed by atoms with Gasteiger partial charge in [-0.05, 0) is 96.8 Å². The van der Waals surface area contributed by atoms with Crippen molar-refractivity contribution < 1.29 is 0 Å². The Hall–Kier alpha value is -2.64. The van der Waals surface area contributed by atoms with Crippen LogP contribution in [0.5, 0.6) is 0 Å². The lowest BCUT2D eigenvalue weighted by Gasteiger charge is -2.19. The van der Waals surface area contributed by atoms with Gasteiger partial charge in [-0.25, -0.2) is 0 Å². The fraction of sp³-hybridized carbons (Fsp3) is 0.355. The normalized spacial score (nSPS) is 18.9. The van der Waals surface area contributed by atoms with Gasteiger partial charge in [0.1, 0.15) is 0 Å². The minimum Gasteiger partial charge on any atom is -0.303 e. The zero-order chi connectivity index (χ0) is 21.9. The van der Waals surface area contributed by atoms with E-state index < -0.39 is 0 Å². The van der Waals surface area contributed by atoms with Crippen molar-refractivity contribution in [3.8, 4) is 11.1 Å². The number of hydrogen-bond donors (Lipinski definition) is 0. The van der Waals surface area contributed by atoms with Crippen LogP contribution < -0.4 is 0 Å². The van der Waals surface area contributed by atoms with Crippen molar-refractivity contribution in [2.75, 3.05) is 13.6 Å². The molecular formula is C31H35N. The Morgan fingerprint density at radius 1 is 0.938 bits per heavy atom. The van der Waals surface area contributed by atoms with Crippen molar-refractivity contribution in [2.45, 2.75) is 57.9 Å². The maximum atomic E-state index is 2.52. The number of hydrogen-bond acceptors (Lipinski definition) is 1. The van der Waals surface area contributed by atoms with Gasteiger partial charge in [-0.3, -0.25) is 0 Å². The van der Waals surface area contributed by atoms with Crippen molar-refractivity contribution in [3.05, 3.63) is 89.5 Å². The molecule has 3 aromatic carbocycles. The molecule has 0 bridgehead atoms. The molecule has 3 aromatic rings. The average Bonchev–Trinajstić information content (AvgIpc) is 3.46. The van der Waals surface area contributed by atoms with Crippen LogP contribution in [0.15, 0.2) is 78.4 Å². The molecule has 0 N–H and O–H groups in total. The minimum absolute atomic E-state index is 0.697. The van der Waals surface area contributed by atoms with Crippen LogP contribution in [0.3, 0.4) is 0 Å². The Balaban J connectivity index is 1.39. The molecule has 32 heavy (non-hydrogen) atoms. The summed E-state index contributed by atoms with van der Waals surface area (Å²) in [5, 5.41) is 2.71. The van der Waals surface area contributed by atoms with Crippen molar-refractivity contribution >= 4 is 16.3 Å². The number of likely N-dealkylation sites (tertiary alicyclic amines) is 1. The maximum Gasteiger partial charge on any atom is 0.0133 e. The summed E-state index contributed by atoms with van der Waals surface area (Å²) in [6.07, 6.45) is 13.4. The molecule has 0 spiro atoms. The van der Waals surface area contributed by atoms with Gasteiger partial charge in [-0.15, -0.1) is 0 Å². The second-order valence-corrected chi connectivity index (χ2v) is 9.72. The summed E-state index contributed by atoms with van der Waals surface area (Å²) in [5.41, 5.74) is 8.53. The zero-order valence-electron chi connectivity index (χ0n) is 19.6. The van der Waals surface area contributed by atoms with Crippen molar-refractivity contribution in [1.82, 2.24) is 4.90 Å². The van der Waals surface area contributed by atoms with E-state index >= 15 is 0 Å². The standard InChI is InChI=1S/C31H35N/c1-3-4-8-23-14-16-26(19-23)25-9-5-10-28(22-25)30-13-6-11-27-20-24(15-17-31(27)30)21-29-12-7-18-32(29)2/h5-6,9-11,13-17,20,22,29H,3-4,7-8,12,18-19,21H2,1-2H3. The first-order valence-corrected chi connectivity index (χ1v) is 12.4. The monoisotopic (exact) mass is 421 g/mol. The molecule has 0 aromatic heterocycles. The highest BCUT2D eigenvalue weighted by molar-refractivity contribution is 5.97. The van der Waals surface area contributed by atoms with Crippen molar-refractivity contribution in [3.63, 3.8) is 0 Å². The van der Waals surface area contributed by atoms with Gasteiger partial charge in [0.05, 0.1) is 0 Å². The predicted molar refractivity (Wildman–Crippen MR) is 139 cm³/mol. The molecule has 0 radical (unpaired) electrons. The predicted octanol–water partition coefficient (Wildman–Crippen LogP) is 8.05. The lowest BCUT2D eigenvalue weighted by molar-refractivity contribution is 0.309. The molecular weight excluding hydrogens is 386 g/mol. The third kappa shape index (κ3) is 4.45. The number of benzene rings is 3. The summed E-state index contributed by atoms with van der Waals surface area (Å²) in [6.45, 7) is 3.51. The van der Waals surface area contributed by atoms with Gasteiger partial charge in [-0.1, -0.05) is 85.7 Å². The third-order valence-electron chi connectivity index (χ3n) is 7.42. The zero-order valence-corrected chi connectivity index (χ0v) is 19.6. The molecule has 1 aliphatic heterocycles. The molecule has 1 atom stereocenters. The van der Waals surface area contributed by atoms with E-state index in [-0.39, 0.29) is 0 Å². The third-order valence-corrected chi connectivity index (χ3v) is 7.42. The van der Waals surface area contributed by atoms with Crippen LogP contribution in [0.1, 0.15) is 56.6 Å². The molecule has 1 unspecified atom stereocenters. The first-order chi connectivity index (χ1) is 15.7. The van der Waals surface area contributed by atoms with Gasteiger partial charge in [0, 0.05) is 6.04 Å². The Kier molecular flexibility index (Phi) is 6.28. The quantitative estimate of drug-likeness (QED) is 0.373. The van der Waals surface area contributed by atoms with Crippen LogP contribution in [0, 0.1) is 0 Å². The van der Waals surface area contributed by atoms with Crippen LogP contribution in [-0.2, 0) is 6.42 Å². The Labute approximate surface area is 193 Å². The lowest BCUT2D eigenvalue weighted by Crippen LogP contribution is -2.26. The van der Waals surface area contributed by atoms with Crippen molar-refractivity contribution in [1.29, 1.82) is 0 Å². The molecule has 0 amide bonds. The van der Waals surface area contributed by atoms with E-state index in [1.807, 2.05) is 0 Å². The summed E-state index contributed by atoms with van der Waals surface area (Å²) in [5.74, 6) is 0. The fourth-order valence-corrected chi connectivity index (χ4v) is 5.46. The Morgan fingerprint density at radius 2 is 1.81 bits per heavy atom. The summed E-state index contributed by atoms with van der Waals surface area (Å²) < 4.78 is 0. The van der Waals surface area contributed by atoms with Crippen LogP contribution in [-0.4, -0.2) is 24.5 Å². The lowest BCUT2D eigenvalue weighted by atomic mass is 9.93. The van der Waals surface area contributed by atoms with Crippen LogP contribution in [0.2, 0.25) is 0 Å². The van der Waals surface area contributed by atoms with E-state index in [0.29, 0.717) is 6.04 Å². The summed E-state index contributed by atoms with van der Waals surface area (Å²) in [7, 11) is 2.27. The van der Waals surface area contributed by atoms with Crippen molar-refractivity contribution in [2.24, 2.45) is 0 Å². The maximum absolute atomic E-state index is 2.52. The smallest absolute Gasteiger partial charge is 0.0133 e. The number of fused-ring (bicyclic) bond motifs is 1. The molecule has 1 fully saturated rings. The fourth-order valence-electron chi connectivity index (χ4n) is 5.46. The number of rotatable bonds is 7. The minimum atomic E-state index is 0.697. The van der Waals surface area contributed by atoms with Gasteiger partial charge in [0.25, 0.3) is 0 Å². The number of unbranched alkanes of at least 4 members (excludes halogenated alkanes) is 1. The summed E-state index contributed by atoms with van der Waals surface area (Å²) in [4.78, 5) is 2.52. The molecule has 1 heteroatoms. The SMILES string of the molecule is CCCCC1=CC=C(c2cccc(-c3cccc4cc(CC5CCCN5C)ccc34)c2)C1. The first kappa shape index (κ1) is 21.2. The molecule has 2 aliphatic rings. The van der Waals surface area contributed by atoms with Gasteiger partial charge in [-0.2, -0.15) is 0 Å². The Morgan fingerprint density at radius 3 is 2.66 bits per heavy atom. The molecule has 0 saturated carbocycles. The largest absolute Gasteiger partial charge is 0.303 e. The van der Waals surface area contributed by atoms with Crippen LogP contribution in [0.25, 0.3) is 27.5 Å². The van der Waals surface area contributed by atoms with Gasteiger partial charge >= 0.3 is 0 Å². The second kappa shape index (κ2) is 9.46. The van der Waals surface area contributed by atoms with E-state index in [4.69, 9.17) is 0 Å². The summed E-state index contributed by atoms with van der Waals surface area (Å²) in [6, 6.07) is 23.7. The molecule has 1 nitrogen and oxygen atoms in total. The Bertz CT molecular complexity index is 1170. The average molecular weight is 422 g/mol. The highest BCUT2D eigenvalue weighted by Crippen LogP contribution is 2.35. The highest BCUT2D eigenvalue weighted by Gasteiger charge is 2.21. The van der Waals surface area contributed by atoms with E-state index in [1.54, 1.807) is 5.57 Å². The molecule has 5 rings (SSSR count). The van der Waals surface area contributed by atoms with Gasteiger partial charge in [0.2, 0.25) is 0 Å². The van der Waals surface area contributed by atoms with Gasteiger partial charge < -0.3 is 4.90 Å². The molecule has 1 saturated heterocycles. The van der Waals surface area contributed by atoms with Crippen LogP contribution in [0.4, 0.5) is 0 Å². The molecule has 164 valence electrons. The molecule has 1 heterocycles. The van der Waals surface area contributed by atoms with E-state index in [0.717, 1.165) is 12.8 Å². The number of allylic oxidation sites excluding steroid dienone is 4. The van der Waals surface area contributed by atoms with E-state index in [2.05, 4.69) is 91.7 Å². The van der Waals surface area contributed by atoms with E-state index in [9.17, 15) is 0 Å². The topological polar surface area (TPSA) is 3.24 Å². The first-order valence-electron chi connectivity index (χ1n) is 12.4. The number of nitrogens with zero attached hydrogens (tertiary/aromatic N) is 1. The second-order valence-electron chi connectivity index (χ2n) is 9.72. The molecule has 1 aliphatic carbocycles. The van der Waals surface area contributed by atoms with Crippen LogP contribution >= 0.6 is 0 Å².